The van der Waals surface area contributed by atoms with Crippen molar-refractivity contribution in [2.24, 2.45) is 0 Å². The summed E-state index contributed by atoms with van der Waals surface area (Å²) in [4.78, 5) is 0. The highest BCUT2D eigenvalue weighted by atomic mass is 127. The van der Waals surface area contributed by atoms with Crippen LogP contribution >= 0.6 is 67.8 Å². The van der Waals surface area contributed by atoms with Gasteiger partial charge in [0.05, 0.1) is 10.2 Å². The minimum atomic E-state index is 1.15. The fourth-order valence-electron chi connectivity index (χ4n) is 0.556. The quantitative estimate of drug-likeness (QED) is 0.302. The molecule has 4 heteroatoms. The van der Waals surface area contributed by atoms with Crippen molar-refractivity contribution in [3.05, 3.63) is 22.8 Å². The first-order valence-corrected chi connectivity index (χ1v) is 6.21. The summed E-state index contributed by atoms with van der Waals surface area (Å²) in [5.41, 5.74) is 0. The molecule has 0 aromatic heterocycles. The maximum Gasteiger partial charge on any atom is 0.0712 e. The van der Waals surface area contributed by atoms with Gasteiger partial charge in [-0.25, -0.2) is 0 Å². The summed E-state index contributed by atoms with van der Waals surface area (Å²) in [6, 6.07) is 4.22. The Balaban J connectivity index is 3.31. The summed E-state index contributed by atoms with van der Waals surface area (Å²) >= 11 is 7.01. The molecule has 0 atom stereocenters. The first-order chi connectivity index (χ1) is 4.61. The molecule has 0 N–H and O–H groups in total. The van der Waals surface area contributed by atoms with Gasteiger partial charge in [-0.1, -0.05) is 5.19 Å². The first kappa shape index (κ1) is 9.71. The largest absolute Gasteiger partial charge is 0.0712 e. The van der Waals surface area contributed by atoms with E-state index in [1.165, 1.54) is 10.7 Å². The monoisotopic (exact) mass is 483 g/mol. The molecule has 0 fully saturated rings. The molecule has 3 radical (unpaired) electrons. The van der Waals surface area contributed by atoms with Gasteiger partial charge in [-0.05, 0) is 79.9 Å². The van der Waals surface area contributed by atoms with Crippen LogP contribution in [0.25, 0.3) is 0 Å². The van der Waals surface area contributed by atoms with Crippen molar-refractivity contribution in [2.45, 2.75) is 0 Å². The van der Waals surface area contributed by atoms with Gasteiger partial charge in [-0.15, -0.1) is 0 Å². The van der Waals surface area contributed by atoms with Gasteiger partial charge in [0, 0.05) is 10.7 Å². The third-order valence-electron chi connectivity index (χ3n) is 0.984. The fraction of sp³-hybridized carbons (Fsp3) is 0. The van der Waals surface area contributed by atoms with Gasteiger partial charge in [0.1, 0.15) is 0 Å². The van der Waals surface area contributed by atoms with Crippen LogP contribution in [0.5, 0.6) is 0 Å². The molecular weight excluding hydrogens is 481 g/mol. The predicted octanol–water partition coefficient (Wildman–Crippen LogP) is 2.29. The van der Waals surface area contributed by atoms with Crippen molar-refractivity contribution in [3.8, 4) is 0 Å². The predicted molar refractivity (Wildman–Crippen MR) is 70.0 cm³/mol. The van der Waals surface area contributed by atoms with Gasteiger partial charge in [0.15, 0.2) is 0 Å². The molecule has 51 valence electrons. The lowest BCUT2D eigenvalue weighted by atomic mass is 10.4. The maximum absolute atomic E-state index is 3.48. The zero-order valence-electron chi connectivity index (χ0n) is 4.79. The average molecular weight is 483 g/mol. The Morgan fingerprint density at radius 2 is 1.40 bits per heavy atom. The molecule has 0 saturated carbocycles. The van der Waals surface area contributed by atoms with Gasteiger partial charge in [0.25, 0.3) is 0 Å². The Morgan fingerprint density at radius 1 is 1.00 bits per heavy atom. The summed E-state index contributed by atoms with van der Waals surface area (Å²) in [7, 11) is 3.48. The van der Waals surface area contributed by atoms with Crippen molar-refractivity contribution in [2.75, 3.05) is 0 Å². The Labute approximate surface area is 104 Å². The normalized spacial score (nSPS) is 10.0. The minimum Gasteiger partial charge on any atom is -0.0652 e. The van der Waals surface area contributed by atoms with Crippen LogP contribution in [0.3, 0.4) is 0 Å². The Morgan fingerprint density at radius 3 is 1.80 bits per heavy atom. The molecule has 1 rings (SSSR count). The highest BCUT2D eigenvalue weighted by molar-refractivity contribution is 14.1. The van der Waals surface area contributed by atoms with Crippen LogP contribution in [-0.2, 0) is 0 Å². The highest BCUT2D eigenvalue weighted by Crippen LogP contribution is 2.19. The van der Waals surface area contributed by atoms with Gasteiger partial charge < -0.3 is 0 Å². The first-order valence-electron chi connectivity index (χ1n) is 2.47. The van der Waals surface area contributed by atoms with E-state index >= 15 is 0 Å². The van der Waals surface area contributed by atoms with Crippen molar-refractivity contribution >= 4 is 83.2 Å². The van der Waals surface area contributed by atoms with Crippen molar-refractivity contribution in [1.82, 2.24) is 0 Å². The third kappa shape index (κ3) is 2.31. The Bertz CT molecular complexity index is 236. The molecule has 0 unspecified atom stereocenters. The molecule has 0 aliphatic carbocycles. The van der Waals surface area contributed by atoms with E-state index in [4.69, 9.17) is 0 Å². The van der Waals surface area contributed by atoms with Gasteiger partial charge in [-0.3, -0.25) is 0 Å². The summed E-state index contributed by atoms with van der Waals surface area (Å²) in [5.74, 6) is 0. The molecular formula is C6H2I3Si. The zero-order chi connectivity index (χ0) is 7.72. The molecule has 0 spiro atoms. The second-order valence-corrected chi connectivity index (χ2v) is 5.73. The van der Waals surface area contributed by atoms with E-state index in [1.54, 1.807) is 0 Å². The van der Waals surface area contributed by atoms with E-state index < -0.39 is 0 Å². The van der Waals surface area contributed by atoms with Gasteiger partial charge in [0.2, 0.25) is 0 Å². The summed E-state index contributed by atoms with van der Waals surface area (Å²) in [6.07, 6.45) is 0. The topological polar surface area (TPSA) is 0 Å². The smallest absolute Gasteiger partial charge is 0.0652 e. The van der Waals surface area contributed by atoms with Crippen LogP contribution < -0.4 is 5.19 Å². The van der Waals surface area contributed by atoms with Crippen LogP contribution in [0.15, 0.2) is 12.1 Å². The number of halogens is 3. The van der Waals surface area contributed by atoms with Gasteiger partial charge in [-0.2, -0.15) is 0 Å². The molecule has 10 heavy (non-hydrogen) atoms. The van der Waals surface area contributed by atoms with E-state index in [9.17, 15) is 0 Å². The number of hydrogen-bond donors (Lipinski definition) is 0. The van der Waals surface area contributed by atoms with E-state index in [2.05, 4.69) is 90.1 Å². The van der Waals surface area contributed by atoms with Crippen LogP contribution in [0.4, 0.5) is 0 Å². The molecule has 0 heterocycles. The van der Waals surface area contributed by atoms with Crippen molar-refractivity contribution in [1.29, 1.82) is 0 Å². The van der Waals surface area contributed by atoms with Crippen molar-refractivity contribution < 1.29 is 0 Å². The lowest BCUT2D eigenvalue weighted by Crippen LogP contribution is -2.04. The summed E-state index contributed by atoms with van der Waals surface area (Å²) < 4.78 is 3.94. The second kappa shape index (κ2) is 4.03. The summed E-state index contributed by atoms with van der Waals surface area (Å²) in [6.45, 7) is 0. The number of hydrogen-bond acceptors (Lipinski definition) is 0. The Hall–Kier alpha value is 1.63. The molecule has 0 saturated heterocycles. The second-order valence-electron chi connectivity index (χ2n) is 1.75. The van der Waals surface area contributed by atoms with E-state index in [-0.39, 0.29) is 0 Å². The SMILES string of the molecule is [Si]c1cc(I)c(I)c(I)c1. The lowest BCUT2D eigenvalue weighted by molar-refractivity contribution is 1.56. The summed E-state index contributed by atoms with van der Waals surface area (Å²) in [5, 5.41) is 1.15. The standard InChI is InChI=1S/C6H2I3Si/c7-4-1-3(10)2-5(8)6(4)9/h1-2H. The third-order valence-corrected chi connectivity index (χ3v) is 6.20. The molecule has 1 aromatic carbocycles. The molecule has 0 nitrogen and oxygen atoms in total. The van der Waals surface area contributed by atoms with Crippen LogP contribution in [0.2, 0.25) is 0 Å². The highest BCUT2D eigenvalue weighted by Gasteiger charge is 2.00. The fourth-order valence-corrected chi connectivity index (χ4v) is 3.51. The van der Waals surface area contributed by atoms with Crippen LogP contribution in [0, 0.1) is 10.7 Å². The van der Waals surface area contributed by atoms with Crippen molar-refractivity contribution in [3.63, 3.8) is 0 Å². The van der Waals surface area contributed by atoms with Gasteiger partial charge >= 0.3 is 0 Å². The minimum absolute atomic E-state index is 1.15. The van der Waals surface area contributed by atoms with E-state index in [0.29, 0.717) is 0 Å². The van der Waals surface area contributed by atoms with Crippen LogP contribution in [-0.4, -0.2) is 10.2 Å². The average Bonchev–Trinajstić information content (AvgIpc) is 1.82. The number of benzene rings is 1. The maximum atomic E-state index is 3.48. The molecule has 0 amide bonds. The molecule has 0 aliphatic rings. The molecule has 0 bridgehead atoms. The zero-order valence-corrected chi connectivity index (χ0v) is 12.3. The number of rotatable bonds is 0. The van der Waals surface area contributed by atoms with E-state index in [1.807, 2.05) is 0 Å². The lowest BCUT2D eigenvalue weighted by Gasteiger charge is -2.00. The molecule has 0 aliphatic heterocycles. The van der Waals surface area contributed by atoms with E-state index in [0.717, 1.165) is 5.19 Å². The molecule has 1 aromatic rings. The Kier molecular flexibility index (Phi) is 3.92. The van der Waals surface area contributed by atoms with Crippen LogP contribution in [0.1, 0.15) is 0 Å².